The molecular weight excluding hydrogens is 342 g/mol. The molecule has 0 bridgehead atoms. The molecule has 1 aromatic carbocycles. The number of H-pyrrole nitrogens is 1. The van der Waals surface area contributed by atoms with Gasteiger partial charge in [-0.2, -0.15) is 15.4 Å². The lowest BCUT2D eigenvalue weighted by Gasteiger charge is -2.20. The van der Waals surface area contributed by atoms with Crippen molar-refractivity contribution in [2.45, 2.75) is 25.0 Å². The van der Waals surface area contributed by atoms with Crippen molar-refractivity contribution in [1.82, 2.24) is 25.4 Å². The van der Waals surface area contributed by atoms with Gasteiger partial charge in [0.25, 0.3) is 0 Å². The fraction of sp³-hybridized carbons (Fsp3) is 0.294. The number of nitrogens with one attached hydrogen (secondary N) is 2. The number of ether oxygens (including phenoxy) is 1. The Morgan fingerprint density at radius 2 is 2.00 bits per heavy atom. The van der Waals surface area contributed by atoms with Crippen molar-refractivity contribution in [3.63, 3.8) is 0 Å². The summed E-state index contributed by atoms with van der Waals surface area (Å²) < 4.78 is 33.1. The highest BCUT2D eigenvalue weighted by Gasteiger charge is 2.25. The third-order valence-electron chi connectivity index (χ3n) is 4.03. The molecule has 26 heavy (non-hydrogen) atoms. The van der Waals surface area contributed by atoms with Crippen LogP contribution in [-0.2, 0) is 4.74 Å². The van der Waals surface area contributed by atoms with E-state index in [9.17, 15) is 8.78 Å². The highest BCUT2D eigenvalue weighted by molar-refractivity contribution is 5.55. The fourth-order valence-electron chi connectivity index (χ4n) is 2.49. The van der Waals surface area contributed by atoms with Gasteiger partial charge in [0.15, 0.2) is 0 Å². The van der Waals surface area contributed by atoms with Crippen molar-refractivity contribution in [3.8, 4) is 11.3 Å². The summed E-state index contributed by atoms with van der Waals surface area (Å²) >= 11 is 0. The van der Waals surface area contributed by atoms with Crippen molar-refractivity contribution >= 4 is 5.95 Å². The molecule has 9 heteroatoms. The Bertz CT molecular complexity index is 867. The summed E-state index contributed by atoms with van der Waals surface area (Å²) in [6, 6.07) is 2.95. The predicted molar refractivity (Wildman–Crippen MR) is 89.1 cm³/mol. The average Bonchev–Trinajstić information content (AvgIpc) is 3.31. The van der Waals surface area contributed by atoms with E-state index in [2.05, 4.69) is 30.7 Å². The van der Waals surface area contributed by atoms with E-state index in [1.54, 1.807) is 18.6 Å². The molecule has 3 aromatic rings. The molecule has 2 aromatic heterocycles. The third-order valence-corrected chi connectivity index (χ3v) is 4.03. The van der Waals surface area contributed by atoms with Crippen LogP contribution in [-0.4, -0.2) is 38.1 Å². The van der Waals surface area contributed by atoms with Gasteiger partial charge in [-0.25, -0.2) is 18.7 Å². The molecule has 1 aliphatic carbocycles. The molecule has 2 N–H and O–H groups in total. The molecule has 0 saturated heterocycles. The number of rotatable bonds is 7. The van der Waals surface area contributed by atoms with Crippen LogP contribution in [0.4, 0.5) is 14.7 Å². The number of aromatic amines is 1. The maximum absolute atomic E-state index is 14.2. The molecule has 0 aliphatic heterocycles. The van der Waals surface area contributed by atoms with Crippen LogP contribution in [0.15, 0.2) is 36.8 Å². The zero-order valence-electron chi connectivity index (χ0n) is 13.7. The first-order valence-electron chi connectivity index (χ1n) is 8.20. The first-order chi connectivity index (χ1) is 12.7. The van der Waals surface area contributed by atoms with Crippen molar-refractivity contribution < 1.29 is 13.5 Å². The number of hydrogen-bond acceptors (Lipinski definition) is 6. The topological polar surface area (TPSA) is 88.6 Å². The van der Waals surface area contributed by atoms with Gasteiger partial charge in [0, 0.05) is 29.6 Å². The van der Waals surface area contributed by atoms with E-state index in [0.717, 1.165) is 18.9 Å². The molecule has 1 aliphatic rings. The van der Waals surface area contributed by atoms with Gasteiger partial charge < -0.3 is 10.1 Å². The summed E-state index contributed by atoms with van der Waals surface area (Å²) in [6.45, 7) is 0.238. The van der Waals surface area contributed by atoms with Gasteiger partial charge in [-0.1, -0.05) is 6.07 Å². The van der Waals surface area contributed by atoms with Gasteiger partial charge in [0.2, 0.25) is 5.95 Å². The quantitative estimate of drug-likeness (QED) is 0.675. The molecule has 134 valence electrons. The Labute approximate surface area is 147 Å². The Hall–Kier alpha value is -2.94. The zero-order valence-corrected chi connectivity index (χ0v) is 13.7. The van der Waals surface area contributed by atoms with Crippen LogP contribution >= 0.6 is 0 Å². The van der Waals surface area contributed by atoms with E-state index < -0.39 is 17.7 Å². The Morgan fingerprint density at radius 1 is 1.19 bits per heavy atom. The van der Waals surface area contributed by atoms with Crippen LogP contribution in [0.5, 0.6) is 0 Å². The lowest BCUT2D eigenvalue weighted by Crippen LogP contribution is -2.20. The van der Waals surface area contributed by atoms with Gasteiger partial charge >= 0.3 is 0 Å². The Balaban J connectivity index is 1.53. The van der Waals surface area contributed by atoms with Crippen LogP contribution in [0.1, 0.15) is 24.4 Å². The molecule has 0 amide bonds. The third kappa shape index (κ3) is 3.83. The van der Waals surface area contributed by atoms with E-state index in [-0.39, 0.29) is 12.7 Å². The van der Waals surface area contributed by atoms with Gasteiger partial charge in [-0.15, -0.1) is 0 Å². The summed E-state index contributed by atoms with van der Waals surface area (Å²) in [5.41, 5.74) is 1.62. The molecule has 1 fully saturated rings. The summed E-state index contributed by atoms with van der Waals surface area (Å²) in [6.07, 6.45) is 6.95. The highest BCUT2D eigenvalue weighted by Crippen LogP contribution is 2.28. The Morgan fingerprint density at radius 3 is 2.65 bits per heavy atom. The van der Waals surface area contributed by atoms with Gasteiger partial charge in [-0.3, -0.25) is 0 Å². The summed E-state index contributed by atoms with van der Waals surface area (Å²) in [5, 5.41) is 13.3. The van der Waals surface area contributed by atoms with Crippen LogP contribution in [0.25, 0.3) is 11.3 Å². The van der Waals surface area contributed by atoms with E-state index in [1.165, 1.54) is 12.1 Å². The number of aromatic nitrogens is 5. The van der Waals surface area contributed by atoms with E-state index >= 15 is 0 Å². The second kappa shape index (κ2) is 7.12. The smallest absolute Gasteiger partial charge is 0.223 e. The van der Waals surface area contributed by atoms with Gasteiger partial charge in [0.1, 0.15) is 17.3 Å². The normalized spacial score (nSPS) is 15.0. The molecule has 4 rings (SSSR count). The van der Waals surface area contributed by atoms with E-state index in [0.29, 0.717) is 22.8 Å². The Kier molecular flexibility index (Phi) is 4.53. The van der Waals surface area contributed by atoms with Crippen molar-refractivity contribution in [3.05, 3.63) is 54.0 Å². The maximum atomic E-state index is 14.2. The number of nitrogens with zero attached hydrogens (tertiary/aromatic N) is 4. The second-order valence-corrected chi connectivity index (χ2v) is 6.05. The minimum atomic E-state index is -0.638. The first-order valence-corrected chi connectivity index (χ1v) is 8.20. The van der Waals surface area contributed by atoms with Crippen LogP contribution in [0, 0.1) is 11.6 Å². The largest absolute Gasteiger partial charge is 0.376 e. The standard InChI is InChI=1S/C17H16F2N6O/c18-11-1-4-13(14(19)5-11)16(9-26-12-2-3-12)23-17-20-6-10(7-21-17)15-8-22-25-24-15/h1,4-8,12,16H,2-3,9H2,(H,20,21,23)(H,22,24,25). The second-order valence-electron chi connectivity index (χ2n) is 6.05. The molecule has 1 atom stereocenters. The molecule has 2 heterocycles. The molecule has 0 radical (unpaired) electrons. The number of halogens is 2. The molecule has 0 spiro atoms. The van der Waals surface area contributed by atoms with E-state index in [4.69, 9.17) is 4.74 Å². The SMILES string of the molecule is Fc1ccc(C(COC2CC2)Nc2ncc(-c3cn[nH]n3)cn2)c(F)c1. The highest BCUT2D eigenvalue weighted by atomic mass is 19.1. The minimum Gasteiger partial charge on any atom is -0.376 e. The molecule has 1 saturated carbocycles. The monoisotopic (exact) mass is 358 g/mol. The molecule has 1 unspecified atom stereocenters. The minimum absolute atomic E-state index is 0.207. The van der Waals surface area contributed by atoms with Crippen molar-refractivity contribution in [2.24, 2.45) is 0 Å². The summed E-state index contributed by atoms with van der Waals surface area (Å²) in [7, 11) is 0. The maximum Gasteiger partial charge on any atom is 0.223 e. The molecular formula is C17H16F2N6O. The van der Waals surface area contributed by atoms with E-state index in [1.807, 2.05) is 0 Å². The van der Waals surface area contributed by atoms with Crippen LogP contribution in [0.3, 0.4) is 0 Å². The lowest BCUT2D eigenvalue weighted by atomic mass is 10.1. The van der Waals surface area contributed by atoms with Gasteiger partial charge in [-0.05, 0) is 18.9 Å². The fourth-order valence-corrected chi connectivity index (χ4v) is 2.49. The summed E-state index contributed by atoms with van der Waals surface area (Å²) in [4.78, 5) is 8.47. The van der Waals surface area contributed by atoms with Crippen LogP contribution < -0.4 is 5.32 Å². The predicted octanol–water partition coefficient (Wildman–Crippen LogP) is 2.87. The number of anilines is 1. The van der Waals surface area contributed by atoms with Crippen molar-refractivity contribution in [1.29, 1.82) is 0 Å². The lowest BCUT2D eigenvalue weighted by molar-refractivity contribution is 0.110. The number of benzene rings is 1. The average molecular weight is 358 g/mol. The summed E-state index contributed by atoms with van der Waals surface area (Å²) in [5.74, 6) is -0.951. The van der Waals surface area contributed by atoms with Crippen LogP contribution in [0.2, 0.25) is 0 Å². The zero-order chi connectivity index (χ0) is 17.9. The molecule has 7 nitrogen and oxygen atoms in total. The van der Waals surface area contributed by atoms with Crippen molar-refractivity contribution in [2.75, 3.05) is 11.9 Å². The number of hydrogen-bond donors (Lipinski definition) is 2. The first kappa shape index (κ1) is 16.5. The van der Waals surface area contributed by atoms with Gasteiger partial charge in [0.05, 0.1) is 24.9 Å².